The lowest BCUT2D eigenvalue weighted by atomic mass is 10.2. The van der Waals surface area contributed by atoms with Crippen molar-refractivity contribution in [2.75, 3.05) is 7.11 Å². The van der Waals surface area contributed by atoms with E-state index in [1.165, 1.54) is 11.1 Å². The minimum Gasteiger partial charge on any atom is -0.497 e. The summed E-state index contributed by atoms with van der Waals surface area (Å²) in [5, 5.41) is 8.20. The molecule has 0 heterocycles. The van der Waals surface area contributed by atoms with Gasteiger partial charge in [0.25, 0.3) is 0 Å². The van der Waals surface area contributed by atoms with Crippen LogP contribution in [0.3, 0.4) is 0 Å². The normalized spacial score (nSPS) is 10.1. The Hall–Kier alpha value is -3.27. The minimum atomic E-state index is 0.638. The molecule has 0 radical (unpaired) electrons. The van der Waals surface area contributed by atoms with Crippen LogP contribution in [0.2, 0.25) is 0 Å². The average molecular weight is 346 g/mol. The van der Waals surface area contributed by atoms with Crippen LogP contribution < -0.4 is 4.74 Å². The molecule has 0 aliphatic carbocycles. The lowest BCUT2D eigenvalue weighted by Gasteiger charge is -1.97. The molecule has 0 N–H and O–H groups in total. The summed E-state index contributed by atoms with van der Waals surface area (Å²) in [6.45, 7) is 4.08. The van der Waals surface area contributed by atoms with Crippen LogP contribution in [0.4, 0.5) is 11.4 Å². The fourth-order valence-corrected chi connectivity index (χ4v) is 2.02. The molecule has 3 aromatic carbocycles. The third kappa shape index (κ3) is 6.32. The highest BCUT2D eigenvalue weighted by Crippen LogP contribution is 2.18. The monoisotopic (exact) mass is 346 g/mol. The van der Waals surface area contributed by atoms with Crippen molar-refractivity contribution in [3.05, 3.63) is 89.5 Å². The van der Waals surface area contributed by atoms with E-state index in [0.29, 0.717) is 5.56 Å². The maximum atomic E-state index is 10.5. The van der Waals surface area contributed by atoms with Gasteiger partial charge < -0.3 is 4.74 Å². The molecular weight excluding hydrogens is 324 g/mol. The molecule has 0 unspecified atom stereocenters. The van der Waals surface area contributed by atoms with E-state index in [2.05, 4.69) is 17.2 Å². The molecule has 4 nitrogen and oxygen atoms in total. The molecular formula is C22H22N2O2. The van der Waals surface area contributed by atoms with Crippen LogP contribution in [0.25, 0.3) is 0 Å². The molecule has 26 heavy (non-hydrogen) atoms. The largest absolute Gasteiger partial charge is 0.497 e. The molecule has 0 aliphatic rings. The molecule has 0 saturated heterocycles. The highest BCUT2D eigenvalue weighted by atomic mass is 16.5. The highest BCUT2D eigenvalue weighted by Gasteiger charge is 1.92. The topological polar surface area (TPSA) is 51.0 Å². The number of methoxy groups -OCH3 is 1. The van der Waals surface area contributed by atoms with Crippen LogP contribution in [-0.2, 0) is 0 Å². The highest BCUT2D eigenvalue weighted by molar-refractivity contribution is 5.75. The smallest absolute Gasteiger partial charge is 0.150 e. The lowest BCUT2D eigenvalue weighted by molar-refractivity contribution is 0.112. The van der Waals surface area contributed by atoms with E-state index in [1.54, 1.807) is 31.4 Å². The Morgan fingerprint density at radius 1 is 0.692 bits per heavy atom. The number of ether oxygens (including phenoxy) is 1. The van der Waals surface area contributed by atoms with Crippen molar-refractivity contribution >= 4 is 17.7 Å². The van der Waals surface area contributed by atoms with Crippen LogP contribution >= 0.6 is 0 Å². The van der Waals surface area contributed by atoms with Crippen molar-refractivity contribution in [3.63, 3.8) is 0 Å². The molecule has 0 amide bonds. The number of hydrogen-bond acceptors (Lipinski definition) is 4. The summed E-state index contributed by atoms with van der Waals surface area (Å²) >= 11 is 0. The Bertz CT molecular complexity index is 837. The first kappa shape index (κ1) is 19.1. The van der Waals surface area contributed by atoms with Gasteiger partial charge in [-0.2, -0.15) is 10.2 Å². The molecule has 0 bridgehead atoms. The van der Waals surface area contributed by atoms with Gasteiger partial charge in [-0.15, -0.1) is 0 Å². The van der Waals surface area contributed by atoms with Gasteiger partial charge in [-0.3, -0.25) is 4.79 Å². The molecule has 0 aromatic heterocycles. The number of rotatable bonds is 4. The first-order valence-electron chi connectivity index (χ1n) is 8.25. The number of hydrogen-bond donors (Lipinski definition) is 0. The number of azo groups is 1. The zero-order valence-electron chi connectivity index (χ0n) is 15.2. The van der Waals surface area contributed by atoms with Crippen molar-refractivity contribution in [2.24, 2.45) is 10.2 Å². The number of carbonyl (C=O) groups is 1. The summed E-state index contributed by atoms with van der Waals surface area (Å²) in [5.41, 5.74) is 4.64. The third-order valence-corrected chi connectivity index (χ3v) is 3.60. The standard InChI is InChI=1S/C14H12N2O.C8H10O/c1-11-2-6-13(7-3-11)15-16-14-8-4-12(10-17)5-9-14;1-7-3-5-8(9-2)6-4-7/h2-10H,1H3;3-6H,1-2H3. The maximum Gasteiger partial charge on any atom is 0.150 e. The molecule has 0 fully saturated rings. The lowest BCUT2D eigenvalue weighted by Crippen LogP contribution is -1.80. The van der Waals surface area contributed by atoms with Gasteiger partial charge in [0.2, 0.25) is 0 Å². The van der Waals surface area contributed by atoms with Crippen molar-refractivity contribution in [2.45, 2.75) is 13.8 Å². The summed E-state index contributed by atoms with van der Waals surface area (Å²) in [7, 11) is 1.67. The third-order valence-electron chi connectivity index (χ3n) is 3.60. The van der Waals surface area contributed by atoms with Gasteiger partial charge >= 0.3 is 0 Å². The average Bonchev–Trinajstić information content (AvgIpc) is 2.69. The van der Waals surface area contributed by atoms with E-state index in [9.17, 15) is 4.79 Å². The Kier molecular flexibility index (Phi) is 7.25. The molecule has 0 spiro atoms. The minimum absolute atomic E-state index is 0.638. The first-order valence-corrected chi connectivity index (χ1v) is 8.25. The summed E-state index contributed by atoms with van der Waals surface area (Å²) in [4.78, 5) is 10.5. The predicted octanol–water partition coefficient (Wildman–Crippen LogP) is 6.23. The van der Waals surface area contributed by atoms with Gasteiger partial charge in [0.05, 0.1) is 18.5 Å². The van der Waals surface area contributed by atoms with Crippen LogP contribution in [-0.4, -0.2) is 13.4 Å². The van der Waals surface area contributed by atoms with E-state index < -0.39 is 0 Å². The van der Waals surface area contributed by atoms with Crippen LogP contribution in [0, 0.1) is 13.8 Å². The molecule has 0 atom stereocenters. The van der Waals surface area contributed by atoms with Crippen LogP contribution in [0.1, 0.15) is 21.5 Å². The molecule has 132 valence electrons. The first-order chi connectivity index (χ1) is 12.6. The van der Waals surface area contributed by atoms with Crippen LogP contribution in [0.15, 0.2) is 83.0 Å². The van der Waals surface area contributed by atoms with E-state index in [-0.39, 0.29) is 0 Å². The van der Waals surface area contributed by atoms with Crippen molar-refractivity contribution in [1.29, 1.82) is 0 Å². The van der Waals surface area contributed by atoms with Crippen molar-refractivity contribution < 1.29 is 9.53 Å². The van der Waals surface area contributed by atoms with Gasteiger partial charge in [-0.05, 0) is 62.4 Å². The van der Waals surface area contributed by atoms with E-state index in [1.807, 2.05) is 55.5 Å². The van der Waals surface area contributed by atoms with Gasteiger partial charge in [0, 0.05) is 5.56 Å². The number of nitrogens with zero attached hydrogens (tertiary/aromatic N) is 2. The molecule has 4 heteroatoms. The number of benzene rings is 3. The van der Waals surface area contributed by atoms with Crippen molar-refractivity contribution in [1.82, 2.24) is 0 Å². The van der Waals surface area contributed by atoms with Gasteiger partial charge in [0.1, 0.15) is 12.0 Å². The Balaban J connectivity index is 0.000000228. The Labute approximate surface area is 154 Å². The zero-order valence-corrected chi connectivity index (χ0v) is 15.2. The summed E-state index contributed by atoms with van der Waals surface area (Å²) in [5.74, 6) is 0.917. The van der Waals surface area contributed by atoms with Gasteiger partial charge in [-0.25, -0.2) is 0 Å². The van der Waals surface area contributed by atoms with Crippen LogP contribution in [0.5, 0.6) is 5.75 Å². The Morgan fingerprint density at radius 3 is 1.54 bits per heavy atom. The van der Waals surface area contributed by atoms with E-state index >= 15 is 0 Å². The second-order valence-corrected chi connectivity index (χ2v) is 5.76. The molecule has 0 aliphatic heterocycles. The second-order valence-electron chi connectivity index (χ2n) is 5.76. The fraction of sp³-hybridized carbons (Fsp3) is 0.136. The Morgan fingerprint density at radius 2 is 1.12 bits per heavy atom. The van der Waals surface area contributed by atoms with Gasteiger partial charge in [0.15, 0.2) is 0 Å². The van der Waals surface area contributed by atoms with E-state index in [0.717, 1.165) is 23.4 Å². The zero-order chi connectivity index (χ0) is 18.8. The summed E-state index contributed by atoms with van der Waals surface area (Å²) in [6, 6.07) is 22.7. The number of aldehydes is 1. The quantitative estimate of drug-likeness (QED) is 0.415. The van der Waals surface area contributed by atoms with E-state index in [4.69, 9.17) is 4.74 Å². The SMILES string of the molecule is COc1ccc(C)cc1.Cc1ccc(N=Nc2ccc(C=O)cc2)cc1. The molecule has 3 rings (SSSR count). The second kappa shape index (κ2) is 9.89. The number of aryl methyl sites for hydroxylation is 2. The summed E-state index contributed by atoms with van der Waals surface area (Å²) in [6.07, 6.45) is 0.806. The molecule has 0 saturated carbocycles. The predicted molar refractivity (Wildman–Crippen MR) is 105 cm³/mol. The van der Waals surface area contributed by atoms with Gasteiger partial charge in [-0.1, -0.05) is 35.4 Å². The summed E-state index contributed by atoms with van der Waals surface area (Å²) < 4.78 is 4.97. The van der Waals surface area contributed by atoms with Crippen molar-refractivity contribution in [3.8, 4) is 5.75 Å². The molecule has 3 aromatic rings. The fourth-order valence-electron chi connectivity index (χ4n) is 2.02. The number of carbonyl (C=O) groups excluding carboxylic acids is 1. The maximum absolute atomic E-state index is 10.5.